The molecule has 0 saturated carbocycles. The van der Waals surface area contributed by atoms with Crippen molar-refractivity contribution in [2.24, 2.45) is 7.05 Å². The molecule has 0 bridgehead atoms. The first-order valence-corrected chi connectivity index (χ1v) is 6.23. The van der Waals surface area contributed by atoms with E-state index in [-0.39, 0.29) is 11.4 Å². The van der Waals surface area contributed by atoms with Gasteiger partial charge in [-0.3, -0.25) is 4.79 Å². The molecule has 1 rings (SSSR count). The Morgan fingerprint density at radius 2 is 2.11 bits per heavy atom. The molecule has 6 heteroatoms. The number of nitrogens with one attached hydrogen (secondary N) is 2. The molecule has 0 aliphatic carbocycles. The molecule has 2 N–H and O–H groups in total. The molecule has 0 aliphatic heterocycles. The minimum Gasteiger partial charge on any atom is -0.356 e. The van der Waals surface area contributed by atoms with E-state index in [0.29, 0.717) is 25.9 Å². The summed E-state index contributed by atoms with van der Waals surface area (Å²) >= 11 is 0. The van der Waals surface area contributed by atoms with Gasteiger partial charge in [0.2, 0.25) is 5.91 Å². The fourth-order valence-electron chi connectivity index (χ4n) is 1.49. The minimum atomic E-state index is 0.0545. The van der Waals surface area contributed by atoms with Crippen molar-refractivity contribution in [2.75, 3.05) is 13.1 Å². The van der Waals surface area contributed by atoms with E-state index in [4.69, 9.17) is 0 Å². The van der Waals surface area contributed by atoms with Crippen molar-refractivity contribution in [3.63, 3.8) is 0 Å². The largest absolute Gasteiger partial charge is 0.356 e. The van der Waals surface area contributed by atoms with Crippen LogP contribution in [0.2, 0.25) is 0 Å². The molecule has 6 nitrogen and oxygen atoms in total. The summed E-state index contributed by atoms with van der Waals surface area (Å²) in [5, 5.41) is 13.9. The molecule has 0 fully saturated rings. The number of aromatic nitrogens is 3. The van der Waals surface area contributed by atoms with E-state index in [1.807, 2.05) is 11.6 Å². The Balaban J connectivity index is 2.12. The Labute approximate surface area is 108 Å². The number of carbonyl (C=O) groups is 1. The third-order valence-corrected chi connectivity index (χ3v) is 2.48. The standard InChI is InChI=1S/C12H23N5O/c1-12(2,3)14-8-6-11(18)13-7-5-10-16-15-9-17(10)4/h9,14H,5-8H2,1-4H3,(H,13,18). The third kappa shape index (κ3) is 5.77. The summed E-state index contributed by atoms with van der Waals surface area (Å²) in [6.07, 6.45) is 2.86. The topological polar surface area (TPSA) is 71.8 Å². The fourth-order valence-corrected chi connectivity index (χ4v) is 1.49. The third-order valence-electron chi connectivity index (χ3n) is 2.48. The van der Waals surface area contributed by atoms with Gasteiger partial charge in [-0.25, -0.2) is 0 Å². The summed E-state index contributed by atoms with van der Waals surface area (Å²) in [5.74, 6) is 0.942. The summed E-state index contributed by atoms with van der Waals surface area (Å²) < 4.78 is 1.85. The summed E-state index contributed by atoms with van der Waals surface area (Å²) in [7, 11) is 1.89. The summed E-state index contributed by atoms with van der Waals surface area (Å²) in [6, 6.07) is 0. The molecule has 18 heavy (non-hydrogen) atoms. The lowest BCUT2D eigenvalue weighted by Gasteiger charge is -2.20. The van der Waals surface area contributed by atoms with Gasteiger partial charge >= 0.3 is 0 Å². The van der Waals surface area contributed by atoms with Gasteiger partial charge in [-0.15, -0.1) is 10.2 Å². The van der Waals surface area contributed by atoms with Crippen LogP contribution in [0.15, 0.2) is 6.33 Å². The second-order valence-electron chi connectivity index (χ2n) is 5.38. The summed E-state index contributed by atoms with van der Waals surface area (Å²) in [5.41, 5.74) is 0.0545. The predicted octanol–water partition coefficient (Wildman–Crippen LogP) is 0.252. The van der Waals surface area contributed by atoms with E-state index in [1.165, 1.54) is 0 Å². The summed E-state index contributed by atoms with van der Waals surface area (Å²) in [4.78, 5) is 11.5. The molecule has 1 aromatic heterocycles. The van der Waals surface area contributed by atoms with E-state index in [1.54, 1.807) is 6.33 Å². The molecular weight excluding hydrogens is 230 g/mol. The highest BCUT2D eigenvalue weighted by molar-refractivity contribution is 5.76. The lowest BCUT2D eigenvalue weighted by Crippen LogP contribution is -2.38. The molecule has 1 heterocycles. The number of hydrogen-bond acceptors (Lipinski definition) is 4. The molecule has 0 saturated heterocycles. The Hall–Kier alpha value is -1.43. The van der Waals surface area contributed by atoms with Crippen LogP contribution in [0, 0.1) is 0 Å². The van der Waals surface area contributed by atoms with Crippen LogP contribution in [0.25, 0.3) is 0 Å². The molecule has 1 aromatic rings. The number of carbonyl (C=O) groups excluding carboxylic acids is 1. The maximum atomic E-state index is 11.5. The predicted molar refractivity (Wildman–Crippen MR) is 70.1 cm³/mol. The number of aryl methyl sites for hydroxylation is 1. The maximum absolute atomic E-state index is 11.5. The lowest BCUT2D eigenvalue weighted by molar-refractivity contribution is -0.121. The van der Waals surface area contributed by atoms with Crippen LogP contribution in [0.4, 0.5) is 0 Å². The van der Waals surface area contributed by atoms with Crippen LogP contribution < -0.4 is 10.6 Å². The van der Waals surface area contributed by atoms with Gasteiger partial charge < -0.3 is 15.2 Å². The van der Waals surface area contributed by atoms with Crippen molar-refractivity contribution >= 4 is 5.91 Å². The number of amides is 1. The average Bonchev–Trinajstić information content (AvgIpc) is 2.62. The molecule has 0 spiro atoms. The van der Waals surface area contributed by atoms with Crippen LogP contribution in [-0.2, 0) is 18.3 Å². The highest BCUT2D eigenvalue weighted by atomic mass is 16.1. The van der Waals surface area contributed by atoms with Gasteiger partial charge in [0.25, 0.3) is 0 Å². The molecule has 0 aliphatic rings. The van der Waals surface area contributed by atoms with Crippen molar-refractivity contribution in [1.29, 1.82) is 0 Å². The molecule has 102 valence electrons. The number of rotatable bonds is 6. The SMILES string of the molecule is Cn1cnnc1CCNC(=O)CCNC(C)(C)C. The van der Waals surface area contributed by atoms with Gasteiger partial charge in [0.05, 0.1) is 0 Å². The van der Waals surface area contributed by atoms with E-state index >= 15 is 0 Å². The molecule has 1 amide bonds. The van der Waals surface area contributed by atoms with Crippen LogP contribution in [0.3, 0.4) is 0 Å². The second kappa shape index (κ2) is 6.49. The second-order valence-corrected chi connectivity index (χ2v) is 5.38. The average molecular weight is 253 g/mol. The number of hydrogen-bond donors (Lipinski definition) is 2. The highest BCUT2D eigenvalue weighted by Gasteiger charge is 2.09. The smallest absolute Gasteiger partial charge is 0.221 e. The zero-order chi connectivity index (χ0) is 13.6. The van der Waals surface area contributed by atoms with Crippen molar-refractivity contribution in [2.45, 2.75) is 39.2 Å². The van der Waals surface area contributed by atoms with Crippen LogP contribution in [0.1, 0.15) is 33.0 Å². The van der Waals surface area contributed by atoms with E-state index in [2.05, 4.69) is 41.6 Å². The first kappa shape index (κ1) is 14.6. The van der Waals surface area contributed by atoms with Crippen molar-refractivity contribution in [3.05, 3.63) is 12.2 Å². The van der Waals surface area contributed by atoms with Gasteiger partial charge in [0.1, 0.15) is 12.2 Å². The van der Waals surface area contributed by atoms with Gasteiger partial charge in [0, 0.05) is 38.5 Å². The van der Waals surface area contributed by atoms with Crippen LogP contribution >= 0.6 is 0 Å². The monoisotopic (exact) mass is 253 g/mol. The van der Waals surface area contributed by atoms with Gasteiger partial charge in [-0.1, -0.05) is 0 Å². The quantitative estimate of drug-likeness (QED) is 0.762. The maximum Gasteiger partial charge on any atom is 0.221 e. The van der Waals surface area contributed by atoms with Crippen LogP contribution in [0.5, 0.6) is 0 Å². The number of nitrogens with zero attached hydrogens (tertiary/aromatic N) is 3. The first-order valence-electron chi connectivity index (χ1n) is 6.23. The molecule has 0 unspecified atom stereocenters. The Morgan fingerprint density at radius 1 is 1.39 bits per heavy atom. The van der Waals surface area contributed by atoms with Crippen molar-refractivity contribution in [3.8, 4) is 0 Å². The molecule has 0 aromatic carbocycles. The van der Waals surface area contributed by atoms with Gasteiger partial charge in [-0.05, 0) is 20.8 Å². The molecule has 0 atom stereocenters. The van der Waals surface area contributed by atoms with Crippen molar-refractivity contribution in [1.82, 2.24) is 25.4 Å². The van der Waals surface area contributed by atoms with Gasteiger partial charge in [0.15, 0.2) is 0 Å². The van der Waals surface area contributed by atoms with E-state index in [9.17, 15) is 4.79 Å². The van der Waals surface area contributed by atoms with Gasteiger partial charge in [-0.2, -0.15) is 0 Å². The van der Waals surface area contributed by atoms with E-state index < -0.39 is 0 Å². The lowest BCUT2D eigenvalue weighted by atomic mass is 10.1. The van der Waals surface area contributed by atoms with Crippen molar-refractivity contribution < 1.29 is 4.79 Å². The zero-order valence-electron chi connectivity index (χ0n) is 11.7. The van der Waals surface area contributed by atoms with E-state index in [0.717, 1.165) is 5.82 Å². The van der Waals surface area contributed by atoms with Crippen LogP contribution in [-0.4, -0.2) is 39.3 Å². The zero-order valence-corrected chi connectivity index (χ0v) is 11.7. The Morgan fingerprint density at radius 3 is 2.67 bits per heavy atom. The Bertz CT molecular complexity index is 380. The molecule has 0 radical (unpaired) electrons. The Kier molecular flexibility index (Phi) is 5.27. The highest BCUT2D eigenvalue weighted by Crippen LogP contribution is 1.97. The normalized spacial score (nSPS) is 11.6. The first-order chi connectivity index (χ1) is 8.38. The molecular formula is C12H23N5O. The summed E-state index contributed by atoms with van der Waals surface area (Å²) in [6.45, 7) is 7.54. The fraction of sp³-hybridized carbons (Fsp3) is 0.750. The minimum absolute atomic E-state index is 0.0545.